The third-order valence-electron chi connectivity index (χ3n) is 4.28. The maximum atomic E-state index is 12.2. The van der Waals surface area contributed by atoms with Gasteiger partial charge in [0.1, 0.15) is 23.0 Å². The topological polar surface area (TPSA) is 44.8 Å². The van der Waals surface area contributed by atoms with Gasteiger partial charge in [0.25, 0.3) is 0 Å². The second-order valence-corrected chi connectivity index (χ2v) is 6.21. The van der Waals surface area contributed by atoms with Gasteiger partial charge in [-0.1, -0.05) is 30.3 Å². The summed E-state index contributed by atoms with van der Waals surface area (Å²) in [5.74, 6) is 2.41. The van der Waals surface area contributed by atoms with Crippen LogP contribution in [0.15, 0.2) is 90.5 Å². The Bertz CT molecular complexity index is 1030. The van der Waals surface area contributed by atoms with Gasteiger partial charge < -0.3 is 14.2 Å². The number of cyclic esters (lactones) is 1. The zero-order valence-electron chi connectivity index (χ0n) is 15.3. The Morgan fingerprint density at radius 3 is 2.11 bits per heavy atom. The largest absolute Gasteiger partial charge is 0.497 e. The third kappa shape index (κ3) is 3.96. The molecule has 0 N–H and O–H groups in total. The molecule has 138 valence electrons. The lowest BCUT2D eigenvalue weighted by atomic mass is 10.1. The quantitative estimate of drug-likeness (QED) is 0.441. The van der Waals surface area contributed by atoms with Crippen LogP contribution >= 0.6 is 0 Å². The Morgan fingerprint density at radius 2 is 1.43 bits per heavy atom. The molecule has 0 saturated heterocycles. The zero-order chi connectivity index (χ0) is 19.3. The molecule has 4 heteroatoms. The first-order chi connectivity index (χ1) is 13.7. The highest BCUT2D eigenvalue weighted by molar-refractivity contribution is 6.05. The fourth-order valence-corrected chi connectivity index (χ4v) is 2.82. The first-order valence-electron chi connectivity index (χ1n) is 8.84. The maximum Gasteiger partial charge on any atom is 0.343 e. The molecule has 3 aromatic carbocycles. The van der Waals surface area contributed by atoms with Crippen molar-refractivity contribution in [1.29, 1.82) is 0 Å². The molecule has 0 saturated carbocycles. The van der Waals surface area contributed by atoms with Crippen molar-refractivity contribution >= 4 is 17.8 Å². The molecule has 28 heavy (non-hydrogen) atoms. The van der Waals surface area contributed by atoms with Crippen LogP contribution in [-0.4, -0.2) is 13.1 Å². The molecule has 3 aromatic rings. The molecule has 0 radical (unpaired) electrons. The summed E-state index contributed by atoms with van der Waals surface area (Å²) in [6, 6.07) is 24.5. The highest BCUT2D eigenvalue weighted by atomic mass is 16.5. The molecule has 0 atom stereocenters. The van der Waals surface area contributed by atoms with Gasteiger partial charge in [-0.3, -0.25) is 0 Å². The van der Waals surface area contributed by atoms with Gasteiger partial charge >= 0.3 is 5.97 Å². The summed E-state index contributed by atoms with van der Waals surface area (Å²) in [6.07, 6.45) is 3.54. The molecule has 1 heterocycles. The van der Waals surface area contributed by atoms with Gasteiger partial charge in [-0.25, -0.2) is 4.79 Å². The molecule has 0 aliphatic carbocycles. The Balaban J connectivity index is 1.51. The van der Waals surface area contributed by atoms with Crippen LogP contribution in [0.3, 0.4) is 0 Å². The summed E-state index contributed by atoms with van der Waals surface area (Å²) in [5.41, 5.74) is 2.22. The summed E-state index contributed by atoms with van der Waals surface area (Å²) in [5, 5.41) is 0. The average molecular weight is 370 g/mol. The standard InChI is InChI=1S/C24H18O4/c1-26-20-11-7-17(8-12-20)15-19-16-23(28-24(19)25)18-9-13-22(14-10-18)27-21-5-3-2-4-6-21/h2-16H,1H3/b19-15+. The lowest BCUT2D eigenvalue weighted by molar-refractivity contribution is -0.130. The second-order valence-electron chi connectivity index (χ2n) is 6.21. The van der Waals surface area contributed by atoms with E-state index in [0.29, 0.717) is 17.1 Å². The molecule has 1 aliphatic heterocycles. The molecule has 0 fully saturated rings. The van der Waals surface area contributed by atoms with Crippen LogP contribution in [0.1, 0.15) is 11.1 Å². The van der Waals surface area contributed by atoms with E-state index in [1.807, 2.05) is 78.9 Å². The Morgan fingerprint density at radius 1 is 0.786 bits per heavy atom. The molecule has 4 nitrogen and oxygen atoms in total. The summed E-state index contributed by atoms with van der Waals surface area (Å²) >= 11 is 0. The zero-order valence-corrected chi connectivity index (χ0v) is 15.3. The smallest absolute Gasteiger partial charge is 0.343 e. The Kier molecular flexibility index (Phi) is 4.93. The molecule has 0 spiro atoms. The van der Waals surface area contributed by atoms with Gasteiger partial charge in [0.2, 0.25) is 0 Å². The highest BCUT2D eigenvalue weighted by Gasteiger charge is 2.22. The highest BCUT2D eigenvalue weighted by Crippen LogP contribution is 2.30. The fraction of sp³-hybridized carbons (Fsp3) is 0.0417. The van der Waals surface area contributed by atoms with Crippen molar-refractivity contribution < 1.29 is 19.0 Å². The summed E-state index contributed by atoms with van der Waals surface area (Å²) in [4.78, 5) is 12.2. The van der Waals surface area contributed by atoms with Crippen LogP contribution in [0.4, 0.5) is 0 Å². The number of hydrogen-bond acceptors (Lipinski definition) is 4. The molecular formula is C24H18O4. The monoisotopic (exact) mass is 370 g/mol. The SMILES string of the molecule is COc1ccc(/C=C2\C=C(c3ccc(Oc4ccccc4)cc3)OC2=O)cc1. The van der Waals surface area contributed by atoms with Crippen molar-refractivity contribution in [3.8, 4) is 17.2 Å². The number of carbonyl (C=O) groups excluding carboxylic acids is 1. The van der Waals surface area contributed by atoms with E-state index in [2.05, 4.69) is 0 Å². The minimum Gasteiger partial charge on any atom is -0.497 e. The van der Waals surface area contributed by atoms with Crippen molar-refractivity contribution in [2.75, 3.05) is 7.11 Å². The van der Waals surface area contributed by atoms with Gasteiger partial charge in [-0.15, -0.1) is 0 Å². The van der Waals surface area contributed by atoms with Crippen LogP contribution < -0.4 is 9.47 Å². The predicted molar refractivity (Wildman–Crippen MR) is 108 cm³/mol. The van der Waals surface area contributed by atoms with Crippen molar-refractivity contribution in [2.24, 2.45) is 0 Å². The van der Waals surface area contributed by atoms with E-state index in [0.717, 1.165) is 22.6 Å². The van der Waals surface area contributed by atoms with Crippen molar-refractivity contribution in [3.05, 3.63) is 102 Å². The van der Waals surface area contributed by atoms with Crippen molar-refractivity contribution in [1.82, 2.24) is 0 Å². The fourth-order valence-electron chi connectivity index (χ4n) is 2.82. The molecular weight excluding hydrogens is 352 g/mol. The van der Waals surface area contributed by atoms with Crippen LogP contribution in [0.25, 0.3) is 11.8 Å². The number of ether oxygens (including phenoxy) is 3. The number of methoxy groups -OCH3 is 1. The number of para-hydroxylation sites is 1. The van der Waals surface area contributed by atoms with Crippen molar-refractivity contribution in [2.45, 2.75) is 0 Å². The van der Waals surface area contributed by atoms with E-state index >= 15 is 0 Å². The van der Waals surface area contributed by atoms with Gasteiger partial charge in [0.05, 0.1) is 12.7 Å². The van der Waals surface area contributed by atoms with Gasteiger partial charge in [-0.05, 0) is 66.2 Å². The summed E-state index contributed by atoms with van der Waals surface area (Å²) in [6.45, 7) is 0. The average Bonchev–Trinajstić information content (AvgIpc) is 3.10. The van der Waals surface area contributed by atoms with E-state index in [1.165, 1.54) is 0 Å². The van der Waals surface area contributed by atoms with E-state index in [1.54, 1.807) is 19.3 Å². The summed E-state index contributed by atoms with van der Waals surface area (Å²) in [7, 11) is 1.62. The van der Waals surface area contributed by atoms with Crippen LogP contribution in [0.5, 0.6) is 17.2 Å². The maximum absolute atomic E-state index is 12.2. The normalized spacial score (nSPS) is 14.5. The van der Waals surface area contributed by atoms with E-state index < -0.39 is 0 Å². The number of carbonyl (C=O) groups is 1. The molecule has 4 rings (SSSR count). The molecule has 0 unspecified atom stereocenters. The Labute approximate surface area is 163 Å². The van der Waals surface area contributed by atoms with Gasteiger partial charge in [0, 0.05) is 5.56 Å². The molecule has 1 aliphatic rings. The minimum atomic E-state index is -0.365. The second kappa shape index (κ2) is 7.84. The first-order valence-corrected chi connectivity index (χ1v) is 8.84. The van der Waals surface area contributed by atoms with E-state index in [9.17, 15) is 4.79 Å². The van der Waals surface area contributed by atoms with Crippen LogP contribution in [-0.2, 0) is 9.53 Å². The molecule has 0 amide bonds. The first kappa shape index (κ1) is 17.6. The van der Waals surface area contributed by atoms with Crippen molar-refractivity contribution in [3.63, 3.8) is 0 Å². The lowest BCUT2D eigenvalue weighted by Crippen LogP contribution is -1.97. The minimum absolute atomic E-state index is 0.365. The summed E-state index contributed by atoms with van der Waals surface area (Å²) < 4.78 is 16.4. The Hall–Kier alpha value is -3.79. The third-order valence-corrected chi connectivity index (χ3v) is 4.28. The van der Waals surface area contributed by atoms with Crippen LogP contribution in [0.2, 0.25) is 0 Å². The number of benzene rings is 3. The van der Waals surface area contributed by atoms with Crippen LogP contribution in [0, 0.1) is 0 Å². The van der Waals surface area contributed by atoms with Gasteiger partial charge in [0.15, 0.2) is 0 Å². The van der Waals surface area contributed by atoms with E-state index in [-0.39, 0.29) is 5.97 Å². The van der Waals surface area contributed by atoms with E-state index in [4.69, 9.17) is 14.2 Å². The molecule has 0 bridgehead atoms. The lowest BCUT2D eigenvalue weighted by Gasteiger charge is -2.06. The number of hydrogen-bond donors (Lipinski definition) is 0. The number of esters is 1. The molecule has 0 aromatic heterocycles. The number of rotatable bonds is 5. The van der Waals surface area contributed by atoms with Gasteiger partial charge in [-0.2, -0.15) is 0 Å². The predicted octanol–water partition coefficient (Wildman–Crippen LogP) is 5.47.